The molecule has 26 heavy (non-hydrogen) atoms. The Balaban J connectivity index is 1.32. The van der Waals surface area contributed by atoms with Crippen molar-refractivity contribution in [2.45, 2.75) is 25.3 Å². The molecule has 2 saturated heterocycles. The molecule has 3 fully saturated rings. The zero-order chi connectivity index (χ0) is 18.3. The molecule has 0 radical (unpaired) electrons. The predicted octanol–water partition coefficient (Wildman–Crippen LogP) is 1.12. The summed E-state index contributed by atoms with van der Waals surface area (Å²) >= 11 is 0. The minimum absolute atomic E-state index is 0.0235. The molecular weight excluding hydrogens is 337 g/mol. The van der Waals surface area contributed by atoms with Crippen molar-refractivity contribution in [1.29, 1.82) is 0 Å². The van der Waals surface area contributed by atoms with Gasteiger partial charge in [-0.15, -0.1) is 0 Å². The lowest BCUT2D eigenvalue weighted by molar-refractivity contribution is -0.137. The van der Waals surface area contributed by atoms with E-state index in [1.165, 1.54) is 24.3 Å². The summed E-state index contributed by atoms with van der Waals surface area (Å²) < 4.78 is 13.0. The quantitative estimate of drug-likeness (QED) is 0.813. The van der Waals surface area contributed by atoms with Gasteiger partial charge >= 0.3 is 0 Å². The van der Waals surface area contributed by atoms with Gasteiger partial charge in [0.2, 0.25) is 11.8 Å². The number of rotatable bonds is 3. The van der Waals surface area contributed by atoms with E-state index >= 15 is 0 Å². The van der Waals surface area contributed by atoms with Gasteiger partial charge < -0.3 is 14.7 Å². The number of carbonyl (C=O) groups is 3. The maximum Gasteiger partial charge on any atom is 0.253 e. The Morgan fingerprint density at radius 3 is 2.19 bits per heavy atom. The van der Waals surface area contributed by atoms with Crippen LogP contribution in [0.5, 0.6) is 0 Å². The van der Waals surface area contributed by atoms with Gasteiger partial charge in [0.1, 0.15) is 5.82 Å². The van der Waals surface area contributed by atoms with Crippen molar-refractivity contribution in [1.82, 2.24) is 14.7 Å². The summed E-state index contributed by atoms with van der Waals surface area (Å²) in [7, 11) is 0. The normalized spacial score (nSPS) is 23.5. The highest BCUT2D eigenvalue weighted by Crippen LogP contribution is 2.33. The Morgan fingerprint density at radius 1 is 0.962 bits per heavy atom. The second kappa shape index (κ2) is 6.70. The number of piperazine rings is 1. The van der Waals surface area contributed by atoms with Gasteiger partial charge in [-0.25, -0.2) is 4.39 Å². The Hall–Kier alpha value is -2.44. The molecule has 6 nitrogen and oxygen atoms in total. The summed E-state index contributed by atoms with van der Waals surface area (Å²) in [6, 6.07) is 5.86. The zero-order valence-electron chi connectivity index (χ0n) is 14.6. The highest BCUT2D eigenvalue weighted by molar-refractivity contribution is 5.94. The third-order valence-electron chi connectivity index (χ3n) is 5.47. The Morgan fingerprint density at radius 2 is 1.58 bits per heavy atom. The Kier molecular flexibility index (Phi) is 4.38. The number of nitrogens with zero attached hydrogens (tertiary/aromatic N) is 3. The molecule has 1 aromatic rings. The smallest absolute Gasteiger partial charge is 0.253 e. The van der Waals surface area contributed by atoms with Crippen molar-refractivity contribution in [3.05, 3.63) is 35.6 Å². The number of hydrogen-bond acceptors (Lipinski definition) is 3. The molecule has 1 unspecified atom stereocenters. The molecule has 4 rings (SSSR count). The molecule has 0 bridgehead atoms. The molecule has 7 heteroatoms. The molecule has 0 spiro atoms. The maximum atomic E-state index is 13.0. The van der Waals surface area contributed by atoms with E-state index in [2.05, 4.69) is 0 Å². The van der Waals surface area contributed by atoms with Gasteiger partial charge in [-0.2, -0.15) is 0 Å². The first-order chi connectivity index (χ1) is 12.5. The fourth-order valence-electron chi connectivity index (χ4n) is 3.80. The minimum Gasteiger partial charge on any atom is -0.339 e. The molecule has 0 N–H and O–H groups in total. The molecular formula is C19H22FN3O3. The number of hydrogen-bond donors (Lipinski definition) is 0. The average Bonchev–Trinajstić information content (AvgIpc) is 3.43. The molecule has 1 aromatic carbocycles. The van der Waals surface area contributed by atoms with Crippen LogP contribution in [0.3, 0.4) is 0 Å². The summed E-state index contributed by atoms with van der Waals surface area (Å²) in [5.74, 6) is -0.648. The first kappa shape index (κ1) is 17.0. The van der Waals surface area contributed by atoms with Gasteiger partial charge in [-0.05, 0) is 37.1 Å². The number of halogens is 1. The monoisotopic (exact) mass is 359 g/mol. The van der Waals surface area contributed by atoms with Crippen molar-refractivity contribution >= 4 is 17.7 Å². The maximum absolute atomic E-state index is 13.0. The molecule has 1 saturated carbocycles. The topological polar surface area (TPSA) is 60.9 Å². The predicted molar refractivity (Wildman–Crippen MR) is 91.7 cm³/mol. The number of benzene rings is 1. The van der Waals surface area contributed by atoms with E-state index in [4.69, 9.17) is 0 Å². The van der Waals surface area contributed by atoms with Crippen molar-refractivity contribution in [2.75, 3.05) is 32.7 Å². The van der Waals surface area contributed by atoms with Crippen LogP contribution in [0, 0.1) is 11.7 Å². The SMILES string of the molecule is O=C(c1ccc(F)cc1)N1CCN(C(=O)C2CC(=O)N(C3CC3)C2)CC1. The van der Waals surface area contributed by atoms with Crippen LogP contribution in [0.4, 0.5) is 4.39 Å². The fraction of sp³-hybridized carbons (Fsp3) is 0.526. The van der Waals surface area contributed by atoms with Crippen LogP contribution in [0.15, 0.2) is 24.3 Å². The first-order valence-corrected chi connectivity index (χ1v) is 9.16. The van der Waals surface area contributed by atoms with Crippen LogP contribution in [-0.4, -0.2) is 71.2 Å². The summed E-state index contributed by atoms with van der Waals surface area (Å²) in [6.07, 6.45) is 2.41. The van der Waals surface area contributed by atoms with E-state index in [-0.39, 0.29) is 29.5 Å². The lowest BCUT2D eigenvalue weighted by Gasteiger charge is -2.36. The summed E-state index contributed by atoms with van der Waals surface area (Å²) in [4.78, 5) is 42.5. The van der Waals surface area contributed by atoms with Gasteiger partial charge in [-0.1, -0.05) is 0 Å². The number of amides is 3. The van der Waals surface area contributed by atoms with Crippen molar-refractivity contribution in [3.63, 3.8) is 0 Å². The van der Waals surface area contributed by atoms with Crippen molar-refractivity contribution < 1.29 is 18.8 Å². The largest absolute Gasteiger partial charge is 0.339 e. The molecule has 3 aliphatic rings. The van der Waals surface area contributed by atoms with Crippen molar-refractivity contribution in [3.8, 4) is 0 Å². The molecule has 3 amide bonds. The molecule has 2 aliphatic heterocycles. The third kappa shape index (κ3) is 3.30. The van der Waals surface area contributed by atoms with Gasteiger partial charge in [0.05, 0.1) is 5.92 Å². The second-order valence-electron chi connectivity index (χ2n) is 7.30. The van der Waals surface area contributed by atoms with Gasteiger partial charge in [0, 0.05) is 50.7 Å². The highest BCUT2D eigenvalue weighted by Gasteiger charge is 2.43. The van der Waals surface area contributed by atoms with E-state index in [0.29, 0.717) is 50.7 Å². The van der Waals surface area contributed by atoms with E-state index in [1.807, 2.05) is 4.90 Å². The Bertz CT molecular complexity index is 724. The van der Waals surface area contributed by atoms with E-state index in [1.54, 1.807) is 9.80 Å². The van der Waals surface area contributed by atoms with E-state index in [0.717, 1.165) is 12.8 Å². The lowest BCUT2D eigenvalue weighted by Crippen LogP contribution is -2.52. The summed E-state index contributed by atoms with van der Waals surface area (Å²) in [5.41, 5.74) is 0.452. The van der Waals surface area contributed by atoms with Gasteiger partial charge in [-0.3, -0.25) is 14.4 Å². The number of likely N-dealkylation sites (tertiary alicyclic amines) is 1. The van der Waals surface area contributed by atoms with Crippen LogP contribution < -0.4 is 0 Å². The van der Waals surface area contributed by atoms with Gasteiger partial charge in [0.15, 0.2) is 0 Å². The minimum atomic E-state index is -0.372. The van der Waals surface area contributed by atoms with Crippen LogP contribution in [0.25, 0.3) is 0 Å². The van der Waals surface area contributed by atoms with Crippen LogP contribution in [-0.2, 0) is 9.59 Å². The summed E-state index contributed by atoms with van der Waals surface area (Å²) in [5, 5.41) is 0. The molecule has 138 valence electrons. The third-order valence-corrected chi connectivity index (χ3v) is 5.47. The summed E-state index contributed by atoms with van der Waals surface area (Å²) in [6.45, 7) is 2.39. The standard InChI is InChI=1S/C19H22FN3O3/c20-15-3-1-13(2-4-15)18(25)21-7-9-22(10-8-21)19(26)14-11-17(24)23(12-14)16-5-6-16/h1-4,14,16H,5-12H2. The lowest BCUT2D eigenvalue weighted by atomic mass is 10.1. The number of carbonyl (C=O) groups excluding carboxylic acids is 3. The molecule has 0 aromatic heterocycles. The highest BCUT2D eigenvalue weighted by atomic mass is 19.1. The molecule has 1 aliphatic carbocycles. The van der Waals surface area contributed by atoms with E-state index < -0.39 is 0 Å². The second-order valence-corrected chi connectivity index (χ2v) is 7.30. The molecule has 2 heterocycles. The zero-order valence-corrected chi connectivity index (χ0v) is 14.6. The Labute approximate surface area is 151 Å². The van der Waals surface area contributed by atoms with Crippen molar-refractivity contribution in [2.24, 2.45) is 5.92 Å². The van der Waals surface area contributed by atoms with E-state index in [9.17, 15) is 18.8 Å². The fourth-order valence-corrected chi connectivity index (χ4v) is 3.80. The van der Waals surface area contributed by atoms with Crippen LogP contribution in [0.1, 0.15) is 29.6 Å². The first-order valence-electron chi connectivity index (χ1n) is 9.16. The molecule has 1 atom stereocenters. The average molecular weight is 359 g/mol. The van der Waals surface area contributed by atoms with Crippen LogP contribution in [0.2, 0.25) is 0 Å². The van der Waals surface area contributed by atoms with Gasteiger partial charge in [0.25, 0.3) is 5.91 Å². The van der Waals surface area contributed by atoms with Crippen LogP contribution >= 0.6 is 0 Å².